The summed E-state index contributed by atoms with van der Waals surface area (Å²) in [6.07, 6.45) is 0. The maximum Gasteiger partial charge on any atom is 0.255 e. The van der Waals surface area contributed by atoms with Crippen molar-refractivity contribution in [1.29, 1.82) is 0 Å². The van der Waals surface area contributed by atoms with E-state index in [0.29, 0.717) is 24.5 Å². The number of fused-ring (bicyclic) bond motifs is 1. The topological polar surface area (TPSA) is 50.4 Å². The highest BCUT2D eigenvalue weighted by molar-refractivity contribution is 7.08. The van der Waals surface area contributed by atoms with Crippen LogP contribution in [-0.2, 0) is 0 Å². The number of thiophene rings is 1. The number of benzene rings is 1. The number of ether oxygens (including phenoxy) is 1. The van der Waals surface area contributed by atoms with E-state index in [4.69, 9.17) is 4.74 Å². The molecule has 21 heavy (non-hydrogen) atoms. The van der Waals surface area contributed by atoms with Crippen molar-refractivity contribution in [2.45, 2.75) is 13.0 Å². The molecule has 0 radical (unpaired) electrons. The van der Waals surface area contributed by atoms with Gasteiger partial charge in [-0.15, -0.1) is 0 Å². The minimum absolute atomic E-state index is 0.0683. The van der Waals surface area contributed by atoms with Gasteiger partial charge in [0.1, 0.15) is 12.4 Å². The van der Waals surface area contributed by atoms with Gasteiger partial charge in [0.05, 0.1) is 18.2 Å². The Morgan fingerprint density at radius 1 is 1.38 bits per heavy atom. The van der Waals surface area contributed by atoms with Crippen molar-refractivity contribution in [3.8, 4) is 5.75 Å². The fourth-order valence-electron chi connectivity index (χ4n) is 2.62. The number of rotatable bonds is 3. The molecule has 2 heterocycles. The Kier molecular flexibility index (Phi) is 3.94. The third kappa shape index (κ3) is 2.66. The van der Waals surface area contributed by atoms with Crippen LogP contribution in [0.4, 0.5) is 0 Å². The number of nitrogens with one attached hydrogen (secondary N) is 2. The molecular weight excluding hydrogens is 284 g/mol. The van der Waals surface area contributed by atoms with Crippen LogP contribution in [0.1, 0.15) is 33.1 Å². The monoisotopic (exact) mass is 302 g/mol. The van der Waals surface area contributed by atoms with E-state index >= 15 is 0 Å². The van der Waals surface area contributed by atoms with E-state index in [-0.39, 0.29) is 11.9 Å². The first kappa shape index (κ1) is 14.1. The number of hydrogen-bond acceptors (Lipinski definition) is 4. The number of aryl methyl sites for hydroxylation is 1. The number of hydrogen-bond donors (Lipinski definition) is 2. The quantitative estimate of drug-likeness (QED) is 0.916. The Morgan fingerprint density at radius 3 is 2.95 bits per heavy atom. The van der Waals surface area contributed by atoms with Gasteiger partial charge < -0.3 is 15.4 Å². The summed E-state index contributed by atoms with van der Waals surface area (Å²) < 4.78 is 5.60. The van der Waals surface area contributed by atoms with Crippen LogP contribution in [0.3, 0.4) is 0 Å². The lowest BCUT2D eigenvalue weighted by atomic mass is 9.96. The Morgan fingerprint density at radius 2 is 2.24 bits per heavy atom. The number of amides is 1. The molecule has 1 atom stereocenters. The van der Waals surface area contributed by atoms with Gasteiger partial charge in [-0.05, 0) is 53.6 Å². The average molecular weight is 302 g/mol. The van der Waals surface area contributed by atoms with Crippen LogP contribution < -0.4 is 15.4 Å². The highest BCUT2D eigenvalue weighted by Gasteiger charge is 2.21. The van der Waals surface area contributed by atoms with Gasteiger partial charge in [-0.25, -0.2) is 0 Å². The van der Waals surface area contributed by atoms with E-state index in [1.54, 1.807) is 11.3 Å². The first-order valence-electron chi connectivity index (χ1n) is 6.95. The molecule has 4 nitrogen and oxygen atoms in total. The lowest BCUT2D eigenvalue weighted by molar-refractivity contribution is 0.0957. The van der Waals surface area contributed by atoms with Gasteiger partial charge in [0.25, 0.3) is 5.91 Å². The fraction of sp³-hybridized carbons (Fsp3) is 0.312. The fourth-order valence-corrected chi connectivity index (χ4v) is 3.50. The minimum Gasteiger partial charge on any atom is -0.491 e. The smallest absolute Gasteiger partial charge is 0.255 e. The van der Waals surface area contributed by atoms with E-state index in [1.807, 2.05) is 25.2 Å². The van der Waals surface area contributed by atoms with Crippen LogP contribution >= 0.6 is 11.3 Å². The molecule has 3 rings (SSSR count). The second-order valence-electron chi connectivity index (χ2n) is 5.09. The minimum atomic E-state index is -0.0683. The van der Waals surface area contributed by atoms with Gasteiger partial charge in [-0.2, -0.15) is 11.3 Å². The van der Waals surface area contributed by atoms with Crippen LogP contribution in [0.2, 0.25) is 0 Å². The number of carbonyl (C=O) groups is 1. The van der Waals surface area contributed by atoms with Gasteiger partial charge in [-0.1, -0.05) is 6.07 Å². The van der Waals surface area contributed by atoms with Crippen molar-refractivity contribution in [1.82, 2.24) is 10.6 Å². The summed E-state index contributed by atoms with van der Waals surface area (Å²) >= 11 is 1.69. The summed E-state index contributed by atoms with van der Waals surface area (Å²) in [4.78, 5) is 12.1. The highest BCUT2D eigenvalue weighted by atomic mass is 32.1. The standard InChI is InChI=1S/C16H18N2O2S/c1-10-8-21-9-13(10)15(17-2)11-3-4-14-12(7-11)16(19)18-5-6-20-14/h3-4,7-9,15,17H,5-6H2,1-2H3,(H,18,19). The van der Waals surface area contributed by atoms with E-state index in [9.17, 15) is 4.79 Å². The van der Waals surface area contributed by atoms with E-state index in [2.05, 4.69) is 28.3 Å². The Bertz CT molecular complexity index is 666. The molecular formula is C16H18N2O2S. The van der Waals surface area contributed by atoms with Crippen molar-refractivity contribution in [2.75, 3.05) is 20.2 Å². The van der Waals surface area contributed by atoms with Crippen LogP contribution in [0.5, 0.6) is 5.75 Å². The zero-order valence-corrected chi connectivity index (χ0v) is 12.9. The molecule has 1 unspecified atom stereocenters. The molecule has 1 amide bonds. The zero-order chi connectivity index (χ0) is 14.8. The summed E-state index contributed by atoms with van der Waals surface area (Å²) in [6, 6.07) is 5.92. The maximum absolute atomic E-state index is 12.1. The molecule has 1 aliphatic rings. The van der Waals surface area contributed by atoms with Crippen LogP contribution in [-0.4, -0.2) is 26.1 Å². The molecule has 0 spiro atoms. The third-order valence-electron chi connectivity index (χ3n) is 3.72. The zero-order valence-electron chi connectivity index (χ0n) is 12.1. The molecule has 1 aromatic carbocycles. The van der Waals surface area contributed by atoms with Crippen LogP contribution in [0.25, 0.3) is 0 Å². The van der Waals surface area contributed by atoms with Gasteiger partial charge in [0.15, 0.2) is 0 Å². The maximum atomic E-state index is 12.1. The Balaban J connectivity index is 2.02. The van der Waals surface area contributed by atoms with Gasteiger partial charge >= 0.3 is 0 Å². The normalized spacial score (nSPS) is 15.6. The molecule has 0 aliphatic carbocycles. The van der Waals surface area contributed by atoms with E-state index in [0.717, 1.165) is 5.56 Å². The van der Waals surface area contributed by atoms with Gasteiger partial charge in [0.2, 0.25) is 0 Å². The first-order valence-corrected chi connectivity index (χ1v) is 7.90. The summed E-state index contributed by atoms with van der Waals surface area (Å²) in [5, 5.41) is 10.5. The summed E-state index contributed by atoms with van der Waals surface area (Å²) in [5.74, 6) is 0.590. The SMILES string of the molecule is CNC(c1ccc2c(c1)C(=O)NCCO2)c1cscc1C. The van der Waals surface area contributed by atoms with E-state index in [1.165, 1.54) is 11.1 Å². The van der Waals surface area contributed by atoms with Crippen molar-refractivity contribution in [3.63, 3.8) is 0 Å². The van der Waals surface area contributed by atoms with Crippen molar-refractivity contribution >= 4 is 17.2 Å². The molecule has 2 aromatic rings. The first-order chi connectivity index (χ1) is 10.2. The van der Waals surface area contributed by atoms with Gasteiger partial charge in [0, 0.05) is 0 Å². The Labute approximate surface area is 128 Å². The molecule has 1 aromatic heterocycles. The predicted octanol–water partition coefficient (Wildman–Crippen LogP) is 2.49. The van der Waals surface area contributed by atoms with Gasteiger partial charge in [-0.3, -0.25) is 4.79 Å². The molecule has 1 aliphatic heterocycles. The predicted molar refractivity (Wildman–Crippen MR) is 84.2 cm³/mol. The van der Waals surface area contributed by atoms with E-state index < -0.39 is 0 Å². The summed E-state index contributed by atoms with van der Waals surface area (Å²) in [5.41, 5.74) is 4.18. The average Bonchev–Trinajstić information content (AvgIpc) is 2.82. The van der Waals surface area contributed by atoms with Crippen LogP contribution in [0.15, 0.2) is 29.0 Å². The Hall–Kier alpha value is -1.85. The molecule has 0 saturated carbocycles. The molecule has 0 fully saturated rings. The lowest BCUT2D eigenvalue weighted by Gasteiger charge is -2.18. The molecule has 110 valence electrons. The molecule has 0 saturated heterocycles. The summed E-state index contributed by atoms with van der Waals surface area (Å²) in [6.45, 7) is 3.16. The van der Waals surface area contributed by atoms with Crippen molar-refractivity contribution in [3.05, 3.63) is 51.2 Å². The lowest BCUT2D eigenvalue weighted by Crippen LogP contribution is -2.24. The molecule has 0 bridgehead atoms. The second kappa shape index (κ2) is 5.87. The van der Waals surface area contributed by atoms with Crippen LogP contribution in [0, 0.1) is 6.92 Å². The largest absolute Gasteiger partial charge is 0.491 e. The third-order valence-corrected chi connectivity index (χ3v) is 4.60. The van der Waals surface area contributed by atoms with Crippen molar-refractivity contribution in [2.24, 2.45) is 0 Å². The van der Waals surface area contributed by atoms with Crippen molar-refractivity contribution < 1.29 is 9.53 Å². The molecule has 5 heteroatoms. The molecule has 2 N–H and O–H groups in total. The number of carbonyl (C=O) groups excluding carboxylic acids is 1. The highest BCUT2D eigenvalue weighted by Crippen LogP contribution is 2.30. The second-order valence-corrected chi connectivity index (χ2v) is 5.84. The summed E-state index contributed by atoms with van der Waals surface area (Å²) in [7, 11) is 1.93.